The SMILES string of the molecule is CCNc1cccc(NCC2COCCO2)c1[N+](=O)[O-]. The number of rotatable bonds is 6. The zero-order chi connectivity index (χ0) is 14.4. The van der Waals surface area contributed by atoms with Gasteiger partial charge in [-0.2, -0.15) is 0 Å². The van der Waals surface area contributed by atoms with E-state index in [1.807, 2.05) is 6.92 Å². The molecule has 0 aliphatic carbocycles. The van der Waals surface area contributed by atoms with Crippen LogP contribution >= 0.6 is 0 Å². The number of nitrogens with one attached hydrogen (secondary N) is 2. The average Bonchev–Trinajstić information content (AvgIpc) is 2.46. The Hall–Kier alpha value is -1.86. The van der Waals surface area contributed by atoms with Gasteiger partial charge in [-0.15, -0.1) is 0 Å². The van der Waals surface area contributed by atoms with Gasteiger partial charge in [0, 0.05) is 13.1 Å². The van der Waals surface area contributed by atoms with Gasteiger partial charge >= 0.3 is 5.69 Å². The lowest BCUT2D eigenvalue weighted by atomic mass is 10.2. The van der Waals surface area contributed by atoms with E-state index in [4.69, 9.17) is 9.47 Å². The molecule has 1 unspecified atom stereocenters. The summed E-state index contributed by atoms with van der Waals surface area (Å²) in [5, 5.41) is 17.3. The third-order valence-corrected chi connectivity index (χ3v) is 2.99. The minimum atomic E-state index is -0.376. The van der Waals surface area contributed by atoms with Crippen molar-refractivity contribution < 1.29 is 14.4 Å². The fourth-order valence-corrected chi connectivity index (χ4v) is 2.09. The minimum absolute atomic E-state index is 0.0612. The third-order valence-electron chi connectivity index (χ3n) is 2.99. The Bertz CT molecular complexity index is 461. The first-order valence-electron chi connectivity index (χ1n) is 6.67. The molecule has 0 amide bonds. The number of para-hydroxylation sites is 1. The summed E-state index contributed by atoms with van der Waals surface area (Å²) in [4.78, 5) is 10.9. The molecular weight excluding hydrogens is 262 g/mol. The molecule has 0 radical (unpaired) electrons. The van der Waals surface area contributed by atoms with E-state index in [0.29, 0.717) is 44.3 Å². The first kappa shape index (κ1) is 14.5. The Morgan fingerprint density at radius 3 is 2.70 bits per heavy atom. The topological polar surface area (TPSA) is 85.7 Å². The van der Waals surface area contributed by atoms with Gasteiger partial charge in [0.2, 0.25) is 0 Å². The van der Waals surface area contributed by atoms with E-state index in [2.05, 4.69) is 10.6 Å². The Morgan fingerprint density at radius 2 is 2.10 bits per heavy atom. The van der Waals surface area contributed by atoms with Crippen LogP contribution in [0.4, 0.5) is 17.1 Å². The van der Waals surface area contributed by atoms with Crippen molar-refractivity contribution in [3.8, 4) is 0 Å². The van der Waals surface area contributed by atoms with Gasteiger partial charge in [-0.25, -0.2) is 0 Å². The van der Waals surface area contributed by atoms with Gasteiger partial charge in [-0.05, 0) is 19.1 Å². The van der Waals surface area contributed by atoms with Crippen LogP contribution in [0, 0.1) is 10.1 Å². The molecule has 7 heteroatoms. The van der Waals surface area contributed by atoms with Crippen molar-refractivity contribution in [2.75, 3.05) is 43.5 Å². The number of hydrogen-bond donors (Lipinski definition) is 2. The van der Waals surface area contributed by atoms with Crippen molar-refractivity contribution in [1.82, 2.24) is 0 Å². The zero-order valence-electron chi connectivity index (χ0n) is 11.4. The molecule has 20 heavy (non-hydrogen) atoms. The lowest BCUT2D eigenvalue weighted by Gasteiger charge is -2.23. The number of nitro groups is 1. The molecule has 1 aliphatic rings. The monoisotopic (exact) mass is 281 g/mol. The second-order valence-corrected chi connectivity index (χ2v) is 4.44. The molecular formula is C13H19N3O4. The fourth-order valence-electron chi connectivity index (χ4n) is 2.09. The van der Waals surface area contributed by atoms with Crippen LogP contribution in [-0.4, -0.2) is 43.9 Å². The standard InChI is InChI=1S/C13H19N3O4/c1-2-14-11-4-3-5-12(13(11)16(17)18)15-8-10-9-19-6-7-20-10/h3-5,10,14-15H,2,6-9H2,1H3. The summed E-state index contributed by atoms with van der Waals surface area (Å²) in [6, 6.07) is 5.18. The summed E-state index contributed by atoms with van der Waals surface area (Å²) in [6.07, 6.45) is -0.0776. The Balaban J connectivity index is 2.09. The number of benzene rings is 1. The van der Waals surface area contributed by atoms with E-state index in [1.54, 1.807) is 18.2 Å². The van der Waals surface area contributed by atoms with Crippen LogP contribution in [0.1, 0.15) is 6.92 Å². The second-order valence-electron chi connectivity index (χ2n) is 4.44. The molecule has 1 heterocycles. The van der Waals surface area contributed by atoms with Crippen LogP contribution in [0.3, 0.4) is 0 Å². The summed E-state index contributed by atoms with van der Waals surface area (Å²) in [5.41, 5.74) is 1.07. The predicted molar refractivity (Wildman–Crippen MR) is 76.3 cm³/mol. The van der Waals surface area contributed by atoms with E-state index in [0.717, 1.165) is 0 Å². The van der Waals surface area contributed by atoms with Crippen LogP contribution in [0.2, 0.25) is 0 Å². The predicted octanol–water partition coefficient (Wildman–Crippen LogP) is 1.85. The maximum Gasteiger partial charge on any atom is 0.315 e. The van der Waals surface area contributed by atoms with Crippen molar-refractivity contribution in [3.63, 3.8) is 0 Å². The van der Waals surface area contributed by atoms with Crippen LogP contribution < -0.4 is 10.6 Å². The lowest BCUT2D eigenvalue weighted by molar-refractivity contribution is -0.383. The first-order chi connectivity index (χ1) is 9.72. The summed E-state index contributed by atoms with van der Waals surface area (Å²) in [5.74, 6) is 0. The quantitative estimate of drug-likeness (QED) is 0.611. The first-order valence-corrected chi connectivity index (χ1v) is 6.67. The molecule has 1 aliphatic heterocycles. The molecule has 110 valence electrons. The summed E-state index contributed by atoms with van der Waals surface area (Å²) in [6.45, 7) is 4.68. The molecule has 1 atom stereocenters. The molecule has 0 bridgehead atoms. The van der Waals surface area contributed by atoms with Gasteiger partial charge in [-0.3, -0.25) is 10.1 Å². The molecule has 7 nitrogen and oxygen atoms in total. The number of nitro benzene ring substituents is 1. The number of ether oxygens (including phenoxy) is 2. The number of hydrogen-bond acceptors (Lipinski definition) is 6. The Kier molecular flexibility index (Phi) is 5.14. The van der Waals surface area contributed by atoms with Gasteiger partial charge in [-0.1, -0.05) is 6.07 Å². The highest BCUT2D eigenvalue weighted by atomic mass is 16.6. The highest BCUT2D eigenvalue weighted by Crippen LogP contribution is 2.32. The van der Waals surface area contributed by atoms with E-state index in [1.165, 1.54) is 0 Å². The van der Waals surface area contributed by atoms with E-state index < -0.39 is 0 Å². The van der Waals surface area contributed by atoms with Crippen molar-refractivity contribution in [3.05, 3.63) is 28.3 Å². The molecule has 1 saturated heterocycles. The Labute approximate surface area is 117 Å². The average molecular weight is 281 g/mol. The zero-order valence-corrected chi connectivity index (χ0v) is 11.4. The maximum absolute atomic E-state index is 11.2. The van der Waals surface area contributed by atoms with Gasteiger partial charge in [0.1, 0.15) is 11.4 Å². The molecule has 0 aromatic heterocycles. The van der Waals surface area contributed by atoms with Crippen LogP contribution in [0.5, 0.6) is 0 Å². The van der Waals surface area contributed by atoms with Crippen LogP contribution in [-0.2, 0) is 9.47 Å². The smallest absolute Gasteiger partial charge is 0.315 e. The van der Waals surface area contributed by atoms with Crippen molar-refractivity contribution >= 4 is 17.1 Å². The van der Waals surface area contributed by atoms with Gasteiger partial charge in [0.05, 0.1) is 30.8 Å². The molecule has 0 spiro atoms. The van der Waals surface area contributed by atoms with E-state index in [-0.39, 0.29) is 16.7 Å². The molecule has 1 aromatic carbocycles. The Morgan fingerprint density at radius 1 is 1.35 bits per heavy atom. The summed E-state index contributed by atoms with van der Waals surface area (Å²) in [7, 11) is 0. The van der Waals surface area contributed by atoms with Crippen molar-refractivity contribution in [2.24, 2.45) is 0 Å². The highest BCUT2D eigenvalue weighted by Gasteiger charge is 2.21. The summed E-state index contributed by atoms with van der Waals surface area (Å²) < 4.78 is 10.8. The minimum Gasteiger partial charge on any atom is -0.380 e. The molecule has 0 saturated carbocycles. The lowest BCUT2D eigenvalue weighted by Crippen LogP contribution is -2.34. The van der Waals surface area contributed by atoms with Crippen molar-refractivity contribution in [2.45, 2.75) is 13.0 Å². The normalized spacial score (nSPS) is 18.6. The molecule has 1 aromatic rings. The summed E-state index contributed by atoms with van der Waals surface area (Å²) >= 11 is 0. The van der Waals surface area contributed by atoms with Gasteiger partial charge in [0.25, 0.3) is 0 Å². The highest BCUT2D eigenvalue weighted by molar-refractivity contribution is 5.76. The van der Waals surface area contributed by atoms with E-state index in [9.17, 15) is 10.1 Å². The van der Waals surface area contributed by atoms with Gasteiger partial charge < -0.3 is 20.1 Å². The molecule has 2 N–H and O–H groups in total. The number of anilines is 2. The van der Waals surface area contributed by atoms with Crippen molar-refractivity contribution in [1.29, 1.82) is 0 Å². The number of nitrogens with zero attached hydrogens (tertiary/aromatic N) is 1. The second kappa shape index (κ2) is 7.06. The van der Waals surface area contributed by atoms with Crippen LogP contribution in [0.15, 0.2) is 18.2 Å². The van der Waals surface area contributed by atoms with Crippen LogP contribution in [0.25, 0.3) is 0 Å². The van der Waals surface area contributed by atoms with E-state index >= 15 is 0 Å². The van der Waals surface area contributed by atoms with Gasteiger partial charge in [0.15, 0.2) is 0 Å². The molecule has 1 fully saturated rings. The maximum atomic E-state index is 11.2. The fraction of sp³-hybridized carbons (Fsp3) is 0.538. The third kappa shape index (κ3) is 3.58. The molecule has 2 rings (SSSR count). The largest absolute Gasteiger partial charge is 0.380 e.